The minimum absolute atomic E-state index is 0.0976. The quantitative estimate of drug-likeness (QED) is 0.0261. The van der Waals surface area contributed by atoms with Gasteiger partial charge in [0.25, 0.3) is 0 Å². The molecule has 0 fully saturated rings. The van der Waals surface area contributed by atoms with Gasteiger partial charge < -0.3 is 14.2 Å². The summed E-state index contributed by atoms with van der Waals surface area (Å²) in [6, 6.07) is 0. The molecule has 0 aliphatic carbocycles. The molecule has 0 heterocycles. The van der Waals surface area contributed by atoms with Gasteiger partial charge >= 0.3 is 17.9 Å². The second-order valence-electron chi connectivity index (χ2n) is 22.0. The average Bonchev–Trinajstić information content (AvgIpc) is 3.49. The third-order valence-electron chi connectivity index (χ3n) is 14.0. The third kappa shape index (κ3) is 67.7. The summed E-state index contributed by atoms with van der Waals surface area (Å²) in [6.07, 6.45) is 101. The van der Waals surface area contributed by atoms with Crippen molar-refractivity contribution in [2.45, 2.75) is 297 Å². The second-order valence-corrected chi connectivity index (χ2v) is 22.0. The molecule has 0 aliphatic rings. The predicted molar refractivity (Wildman–Crippen MR) is 362 cm³/mol. The van der Waals surface area contributed by atoms with Crippen LogP contribution < -0.4 is 0 Å². The molecule has 83 heavy (non-hydrogen) atoms. The van der Waals surface area contributed by atoms with Crippen LogP contribution in [0.2, 0.25) is 0 Å². The topological polar surface area (TPSA) is 78.9 Å². The highest BCUT2D eigenvalue weighted by Gasteiger charge is 2.19. The SMILES string of the molecule is CC/C=C\C/C=C\C/C=C\C/C=C\C/C=C\C/C=C\C/C=C\CCCCCCCC(=O)OCC(COC(=O)CCCCCCCCC/C=C\C/C=C\CCCCC)OC(=O)CCCCCCCCCC/C=C\C/C=C\C/C=C\C/C=C\CC. The maximum atomic E-state index is 13.0. The van der Waals surface area contributed by atoms with Crippen LogP contribution in [0.3, 0.4) is 0 Å². The van der Waals surface area contributed by atoms with Crippen molar-refractivity contribution in [2.75, 3.05) is 13.2 Å². The highest BCUT2D eigenvalue weighted by molar-refractivity contribution is 5.71. The van der Waals surface area contributed by atoms with Crippen molar-refractivity contribution in [1.29, 1.82) is 0 Å². The molecule has 0 bridgehead atoms. The molecule has 0 N–H and O–H groups in total. The molecular formula is C77H124O6. The van der Waals surface area contributed by atoms with Gasteiger partial charge in [0.1, 0.15) is 13.2 Å². The minimum Gasteiger partial charge on any atom is -0.462 e. The van der Waals surface area contributed by atoms with Gasteiger partial charge in [0.15, 0.2) is 6.10 Å². The number of allylic oxidation sites excluding steroid dienone is 26. The van der Waals surface area contributed by atoms with Gasteiger partial charge in [0.05, 0.1) is 0 Å². The lowest BCUT2D eigenvalue weighted by Crippen LogP contribution is -2.30. The Balaban J connectivity index is 4.47. The van der Waals surface area contributed by atoms with Gasteiger partial charge in [-0.3, -0.25) is 14.4 Å². The van der Waals surface area contributed by atoms with Crippen molar-refractivity contribution < 1.29 is 28.6 Å². The third-order valence-corrected chi connectivity index (χ3v) is 14.0. The van der Waals surface area contributed by atoms with Crippen molar-refractivity contribution in [3.63, 3.8) is 0 Å². The zero-order valence-corrected chi connectivity index (χ0v) is 53.7. The van der Waals surface area contributed by atoms with Crippen molar-refractivity contribution in [2.24, 2.45) is 0 Å². The van der Waals surface area contributed by atoms with E-state index in [2.05, 4.69) is 179 Å². The number of esters is 3. The summed E-state index contributed by atoms with van der Waals surface area (Å²) in [7, 11) is 0. The molecule has 468 valence electrons. The fourth-order valence-electron chi connectivity index (χ4n) is 8.97. The Kier molecular flexibility index (Phi) is 65.4. The summed E-state index contributed by atoms with van der Waals surface area (Å²) in [4.78, 5) is 38.5. The van der Waals surface area contributed by atoms with E-state index in [-0.39, 0.29) is 31.1 Å². The maximum Gasteiger partial charge on any atom is 0.306 e. The molecule has 0 rings (SSSR count). The minimum atomic E-state index is -0.804. The Morgan fingerprint density at radius 1 is 0.253 bits per heavy atom. The van der Waals surface area contributed by atoms with Gasteiger partial charge in [-0.05, 0) is 148 Å². The van der Waals surface area contributed by atoms with Crippen LogP contribution in [0, 0.1) is 0 Å². The van der Waals surface area contributed by atoms with Gasteiger partial charge in [-0.15, -0.1) is 0 Å². The van der Waals surface area contributed by atoms with Crippen molar-refractivity contribution in [1.82, 2.24) is 0 Å². The summed E-state index contributed by atoms with van der Waals surface area (Å²) < 4.78 is 17.0. The van der Waals surface area contributed by atoms with E-state index in [1.807, 2.05) is 0 Å². The molecular weight excluding hydrogens is 1020 g/mol. The number of carbonyl (C=O) groups is 3. The fraction of sp³-hybridized carbons (Fsp3) is 0.623. The first kappa shape index (κ1) is 78.0. The van der Waals surface area contributed by atoms with Gasteiger partial charge in [-0.25, -0.2) is 0 Å². The van der Waals surface area contributed by atoms with Gasteiger partial charge in [-0.2, -0.15) is 0 Å². The summed E-state index contributed by atoms with van der Waals surface area (Å²) in [5.74, 6) is -0.931. The Morgan fingerprint density at radius 3 is 0.735 bits per heavy atom. The van der Waals surface area contributed by atoms with Crippen LogP contribution in [0.15, 0.2) is 158 Å². The van der Waals surface area contributed by atoms with E-state index in [4.69, 9.17) is 14.2 Å². The highest BCUT2D eigenvalue weighted by Crippen LogP contribution is 2.15. The normalized spacial score (nSPS) is 13.1. The molecule has 0 aromatic rings. The zero-order chi connectivity index (χ0) is 59.9. The van der Waals surface area contributed by atoms with Gasteiger partial charge in [0, 0.05) is 19.3 Å². The van der Waals surface area contributed by atoms with Crippen LogP contribution in [0.5, 0.6) is 0 Å². The van der Waals surface area contributed by atoms with Crippen LogP contribution in [0.25, 0.3) is 0 Å². The summed E-state index contributed by atoms with van der Waals surface area (Å²) in [6.45, 7) is 6.37. The predicted octanol–water partition coefficient (Wildman–Crippen LogP) is 23.7. The Hall–Kier alpha value is -4.97. The first-order chi connectivity index (χ1) is 41.0. The lowest BCUT2D eigenvalue weighted by molar-refractivity contribution is -0.167. The van der Waals surface area contributed by atoms with Crippen LogP contribution in [-0.4, -0.2) is 37.2 Å². The smallest absolute Gasteiger partial charge is 0.306 e. The molecule has 0 radical (unpaired) electrons. The molecule has 0 aromatic carbocycles. The molecule has 1 atom stereocenters. The molecule has 0 spiro atoms. The first-order valence-electron chi connectivity index (χ1n) is 34.0. The number of carbonyl (C=O) groups excluding carboxylic acids is 3. The second kappa shape index (κ2) is 69.5. The zero-order valence-electron chi connectivity index (χ0n) is 53.7. The largest absolute Gasteiger partial charge is 0.462 e. The molecule has 0 saturated carbocycles. The van der Waals surface area contributed by atoms with Gasteiger partial charge in [0.2, 0.25) is 0 Å². The maximum absolute atomic E-state index is 13.0. The summed E-state index contributed by atoms with van der Waals surface area (Å²) >= 11 is 0. The molecule has 6 nitrogen and oxygen atoms in total. The van der Waals surface area contributed by atoms with E-state index in [0.717, 1.165) is 167 Å². The number of unbranched alkanes of at least 4 members (excludes halogenated alkanes) is 23. The molecule has 0 saturated heterocycles. The molecule has 0 aliphatic heterocycles. The van der Waals surface area contributed by atoms with Crippen molar-refractivity contribution in [3.8, 4) is 0 Å². The first-order valence-corrected chi connectivity index (χ1v) is 34.0. The highest BCUT2D eigenvalue weighted by atomic mass is 16.6. The van der Waals surface area contributed by atoms with Crippen molar-refractivity contribution >= 4 is 17.9 Å². The number of hydrogen-bond donors (Lipinski definition) is 0. The monoisotopic (exact) mass is 1140 g/mol. The molecule has 6 heteroatoms. The van der Waals surface area contributed by atoms with E-state index in [9.17, 15) is 14.4 Å². The fourth-order valence-corrected chi connectivity index (χ4v) is 8.97. The lowest BCUT2D eigenvalue weighted by Gasteiger charge is -2.18. The Labute approximate surface area is 511 Å². The Bertz CT molecular complexity index is 1840. The van der Waals surface area contributed by atoms with Crippen LogP contribution >= 0.6 is 0 Å². The van der Waals surface area contributed by atoms with E-state index in [1.54, 1.807) is 0 Å². The lowest BCUT2D eigenvalue weighted by atomic mass is 10.1. The number of rotatable bonds is 60. The Morgan fingerprint density at radius 2 is 0.470 bits per heavy atom. The molecule has 1 unspecified atom stereocenters. The molecule has 0 aromatic heterocycles. The standard InChI is InChI=1S/C77H124O6/c1-4-7-10-13-16-19-22-25-28-31-33-35-36-37-38-39-40-42-43-46-49-52-55-58-61-64-67-70-76(79)82-73-74(72-81-75(78)69-66-63-60-57-54-51-48-45-30-27-24-21-18-15-12-9-6-3)83-77(80)71-68-65-62-59-56-53-50-47-44-41-34-32-29-26-23-20-17-14-11-8-5-2/h7-8,10-11,16-21,25-30,33-35,37-38,40-42,46,49,74H,4-6,9,12-15,22-24,31-32,36,39,43-45,47-48,50-73H2,1-3H3/b10-7-,11-8-,19-16-,20-17-,21-18-,28-25-,29-26-,30-27-,35-33-,38-37-,41-34-,42-40-,49-46-. The summed E-state index contributed by atoms with van der Waals surface area (Å²) in [5, 5.41) is 0. The van der Waals surface area contributed by atoms with E-state index in [0.29, 0.717) is 19.3 Å². The van der Waals surface area contributed by atoms with E-state index < -0.39 is 6.10 Å². The van der Waals surface area contributed by atoms with Crippen molar-refractivity contribution in [3.05, 3.63) is 158 Å². The van der Waals surface area contributed by atoms with Crippen LogP contribution in [0.4, 0.5) is 0 Å². The number of hydrogen-bond acceptors (Lipinski definition) is 6. The number of ether oxygens (including phenoxy) is 3. The van der Waals surface area contributed by atoms with E-state index in [1.165, 1.54) is 83.5 Å². The average molecular weight is 1150 g/mol. The van der Waals surface area contributed by atoms with Gasteiger partial charge in [-0.1, -0.05) is 281 Å². The van der Waals surface area contributed by atoms with E-state index >= 15 is 0 Å². The van der Waals surface area contributed by atoms with Crippen LogP contribution in [0.1, 0.15) is 290 Å². The summed E-state index contributed by atoms with van der Waals surface area (Å²) in [5.41, 5.74) is 0. The van der Waals surface area contributed by atoms with Crippen LogP contribution in [-0.2, 0) is 28.6 Å². The molecule has 0 amide bonds.